The summed E-state index contributed by atoms with van der Waals surface area (Å²) < 4.78 is 0. The SMILES string of the molecule is N#Cc1ccnc(N2CCN(c3ncccn3)CC2)n1. The monoisotopic (exact) mass is 267 g/mol. The molecule has 3 heterocycles. The molecule has 0 spiro atoms. The molecular formula is C13H13N7. The van der Waals surface area contributed by atoms with Crippen molar-refractivity contribution in [3.63, 3.8) is 0 Å². The Morgan fingerprint density at radius 3 is 2.15 bits per heavy atom. The highest BCUT2D eigenvalue weighted by molar-refractivity contribution is 5.38. The first-order chi connectivity index (χ1) is 9.86. The molecule has 2 aromatic rings. The Hall–Kier alpha value is -2.75. The lowest BCUT2D eigenvalue weighted by Crippen LogP contribution is -2.47. The van der Waals surface area contributed by atoms with Crippen molar-refractivity contribution in [1.29, 1.82) is 5.26 Å². The van der Waals surface area contributed by atoms with Gasteiger partial charge in [0.05, 0.1) is 0 Å². The summed E-state index contributed by atoms with van der Waals surface area (Å²) in [7, 11) is 0. The third kappa shape index (κ3) is 2.49. The highest BCUT2D eigenvalue weighted by Crippen LogP contribution is 2.14. The quantitative estimate of drug-likeness (QED) is 0.782. The van der Waals surface area contributed by atoms with Crippen molar-refractivity contribution in [2.24, 2.45) is 0 Å². The Labute approximate surface area is 116 Å². The second kappa shape index (κ2) is 5.48. The average molecular weight is 267 g/mol. The van der Waals surface area contributed by atoms with E-state index in [1.54, 1.807) is 30.7 Å². The molecule has 1 aliphatic heterocycles. The molecule has 0 amide bonds. The number of piperazine rings is 1. The van der Waals surface area contributed by atoms with Gasteiger partial charge in [-0.15, -0.1) is 0 Å². The minimum atomic E-state index is 0.392. The smallest absolute Gasteiger partial charge is 0.226 e. The van der Waals surface area contributed by atoms with Gasteiger partial charge in [0.1, 0.15) is 11.8 Å². The van der Waals surface area contributed by atoms with Crippen LogP contribution in [0.5, 0.6) is 0 Å². The summed E-state index contributed by atoms with van der Waals surface area (Å²) in [6.45, 7) is 3.19. The molecule has 0 atom stereocenters. The Kier molecular flexibility index (Phi) is 3.37. The zero-order chi connectivity index (χ0) is 13.8. The Morgan fingerprint density at radius 1 is 0.900 bits per heavy atom. The molecule has 100 valence electrons. The van der Waals surface area contributed by atoms with Crippen LogP contribution < -0.4 is 9.80 Å². The topological polar surface area (TPSA) is 81.8 Å². The minimum absolute atomic E-state index is 0.392. The molecule has 1 aliphatic rings. The molecule has 7 heteroatoms. The summed E-state index contributed by atoms with van der Waals surface area (Å²) in [5.74, 6) is 1.36. The number of rotatable bonds is 2. The lowest BCUT2D eigenvalue weighted by molar-refractivity contribution is 0.627. The predicted octanol–water partition coefficient (Wildman–Crippen LogP) is 0.465. The summed E-state index contributed by atoms with van der Waals surface area (Å²) in [5, 5.41) is 8.87. The van der Waals surface area contributed by atoms with Crippen LogP contribution in [0.2, 0.25) is 0 Å². The van der Waals surface area contributed by atoms with Gasteiger partial charge in [0.2, 0.25) is 11.9 Å². The molecule has 1 fully saturated rings. The second-order valence-electron chi connectivity index (χ2n) is 4.38. The second-order valence-corrected chi connectivity index (χ2v) is 4.38. The number of anilines is 2. The molecule has 0 aliphatic carbocycles. The van der Waals surface area contributed by atoms with E-state index in [2.05, 4.69) is 29.7 Å². The van der Waals surface area contributed by atoms with E-state index >= 15 is 0 Å². The molecule has 0 N–H and O–H groups in total. The normalized spacial score (nSPS) is 14.9. The Balaban J connectivity index is 1.68. The fraction of sp³-hybridized carbons (Fsp3) is 0.308. The summed E-state index contributed by atoms with van der Waals surface area (Å²) in [4.78, 5) is 21.1. The number of hydrogen-bond acceptors (Lipinski definition) is 7. The lowest BCUT2D eigenvalue weighted by Gasteiger charge is -2.34. The Bertz CT molecular complexity index is 614. The maximum absolute atomic E-state index is 8.87. The Morgan fingerprint density at radius 2 is 1.50 bits per heavy atom. The summed E-state index contributed by atoms with van der Waals surface area (Å²) in [6, 6.07) is 5.45. The highest BCUT2D eigenvalue weighted by Gasteiger charge is 2.20. The zero-order valence-corrected chi connectivity index (χ0v) is 10.8. The van der Waals surface area contributed by atoms with Gasteiger partial charge in [-0.1, -0.05) is 0 Å². The van der Waals surface area contributed by atoms with Crippen LogP contribution in [0.4, 0.5) is 11.9 Å². The van der Waals surface area contributed by atoms with E-state index in [1.807, 2.05) is 6.07 Å². The van der Waals surface area contributed by atoms with Crippen LogP contribution >= 0.6 is 0 Å². The van der Waals surface area contributed by atoms with Gasteiger partial charge >= 0.3 is 0 Å². The molecule has 0 bridgehead atoms. The van der Waals surface area contributed by atoms with E-state index in [4.69, 9.17) is 5.26 Å². The molecule has 7 nitrogen and oxygen atoms in total. The number of nitrogens with zero attached hydrogens (tertiary/aromatic N) is 7. The van der Waals surface area contributed by atoms with Gasteiger partial charge in [0.25, 0.3) is 0 Å². The lowest BCUT2D eigenvalue weighted by atomic mass is 10.3. The minimum Gasteiger partial charge on any atom is -0.337 e. The molecule has 0 aromatic carbocycles. The molecule has 0 unspecified atom stereocenters. The zero-order valence-electron chi connectivity index (χ0n) is 10.8. The van der Waals surface area contributed by atoms with E-state index in [9.17, 15) is 0 Å². The van der Waals surface area contributed by atoms with E-state index in [-0.39, 0.29) is 0 Å². The van der Waals surface area contributed by atoms with Gasteiger partial charge in [-0.25, -0.2) is 19.9 Å². The van der Waals surface area contributed by atoms with Crippen molar-refractivity contribution >= 4 is 11.9 Å². The third-order valence-corrected chi connectivity index (χ3v) is 3.15. The first-order valence-electron chi connectivity index (χ1n) is 6.37. The van der Waals surface area contributed by atoms with Crippen molar-refractivity contribution in [3.8, 4) is 6.07 Å². The first-order valence-corrected chi connectivity index (χ1v) is 6.37. The molecular weight excluding hydrogens is 254 g/mol. The van der Waals surface area contributed by atoms with Crippen LogP contribution in [-0.2, 0) is 0 Å². The standard InChI is InChI=1S/C13H13N7/c14-10-11-2-5-17-13(18-11)20-8-6-19(7-9-20)12-15-3-1-4-16-12/h1-5H,6-9H2. The van der Waals surface area contributed by atoms with Gasteiger partial charge in [0, 0.05) is 44.8 Å². The van der Waals surface area contributed by atoms with Crippen LogP contribution in [0.3, 0.4) is 0 Å². The first kappa shape index (κ1) is 12.3. The van der Waals surface area contributed by atoms with E-state index < -0.39 is 0 Å². The fourth-order valence-electron chi connectivity index (χ4n) is 2.12. The van der Waals surface area contributed by atoms with Crippen molar-refractivity contribution in [3.05, 3.63) is 36.4 Å². The van der Waals surface area contributed by atoms with Crippen LogP contribution in [-0.4, -0.2) is 46.1 Å². The van der Waals surface area contributed by atoms with Gasteiger partial charge in [-0.05, 0) is 12.1 Å². The molecule has 0 saturated carbocycles. The van der Waals surface area contributed by atoms with Crippen LogP contribution in [0.25, 0.3) is 0 Å². The van der Waals surface area contributed by atoms with Crippen molar-refractivity contribution in [2.45, 2.75) is 0 Å². The molecule has 20 heavy (non-hydrogen) atoms. The van der Waals surface area contributed by atoms with Gasteiger partial charge in [0.15, 0.2) is 0 Å². The van der Waals surface area contributed by atoms with Gasteiger partial charge in [-0.3, -0.25) is 0 Å². The summed E-state index contributed by atoms with van der Waals surface area (Å²) in [6.07, 6.45) is 5.11. The third-order valence-electron chi connectivity index (χ3n) is 3.15. The number of hydrogen-bond donors (Lipinski definition) is 0. The summed E-state index contributed by atoms with van der Waals surface area (Å²) >= 11 is 0. The molecule has 2 aromatic heterocycles. The fourth-order valence-corrected chi connectivity index (χ4v) is 2.12. The van der Waals surface area contributed by atoms with Crippen LogP contribution in [0, 0.1) is 11.3 Å². The van der Waals surface area contributed by atoms with Gasteiger partial charge in [-0.2, -0.15) is 5.26 Å². The largest absolute Gasteiger partial charge is 0.337 e. The summed E-state index contributed by atoms with van der Waals surface area (Å²) in [5.41, 5.74) is 0.392. The van der Waals surface area contributed by atoms with Crippen LogP contribution in [0.15, 0.2) is 30.7 Å². The van der Waals surface area contributed by atoms with E-state index in [1.165, 1.54) is 0 Å². The van der Waals surface area contributed by atoms with Crippen LogP contribution in [0.1, 0.15) is 5.69 Å². The van der Waals surface area contributed by atoms with Crippen molar-refractivity contribution in [1.82, 2.24) is 19.9 Å². The predicted molar refractivity (Wildman–Crippen MR) is 73.2 cm³/mol. The molecule has 0 radical (unpaired) electrons. The molecule has 1 saturated heterocycles. The maximum atomic E-state index is 8.87. The maximum Gasteiger partial charge on any atom is 0.226 e. The van der Waals surface area contributed by atoms with Gasteiger partial charge < -0.3 is 9.80 Å². The number of aromatic nitrogens is 4. The van der Waals surface area contributed by atoms with Crippen molar-refractivity contribution < 1.29 is 0 Å². The van der Waals surface area contributed by atoms with E-state index in [0.29, 0.717) is 11.6 Å². The highest BCUT2D eigenvalue weighted by atomic mass is 15.3. The average Bonchev–Trinajstić information content (AvgIpc) is 2.56. The molecule has 3 rings (SSSR count). The van der Waals surface area contributed by atoms with Crippen molar-refractivity contribution in [2.75, 3.05) is 36.0 Å². The number of nitriles is 1. The van der Waals surface area contributed by atoms with E-state index in [0.717, 1.165) is 32.1 Å².